The van der Waals surface area contributed by atoms with Crippen LogP contribution in [0, 0.1) is 6.92 Å². The van der Waals surface area contributed by atoms with Crippen molar-refractivity contribution >= 4 is 17.5 Å². The summed E-state index contributed by atoms with van der Waals surface area (Å²) in [6.45, 7) is 5.60. The first-order chi connectivity index (χ1) is 14.5. The summed E-state index contributed by atoms with van der Waals surface area (Å²) in [5.74, 6) is 2.28. The topological polar surface area (TPSA) is 58.8 Å². The summed E-state index contributed by atoms with van der Waals surface area (Å²) < 4.78 is 11.1. The molecule has 0 saturated carbocycles. The third kappa shape index (κ3) is 4.50. The molecule has 0 unspecified atom stereocenters. The fourth-order valence-electron chi connectivity index (χ4n) is 3.53. The maximum Gasteiger partial charge on any atom is 0.253 e. The van der Waals surface area contributed by atoms with Gasteiger partial charge in [0.05, 0.1) is 12.8 Å². The Hall–Kier alpha value is -2.83. The van der Waals surface area contributed by atoms with Crippen molar-refractivity contribution in [1.29, 1.82) is 0 Å². The van der Waals surface area contributed by atoms with Gasteiger partial charge in [-0.1, -0.05) is 11.6 Å². The zero-order valence-corrected chi connectivity index (χ0v) is 17.9. The zero-order valence-electron chi connectivity index (χ0n) is 17.1. The summed E-state index contributed by atoms with van der Waals surface area (Å²) >= 11 is 5.91. The summed E-state index contributed by atoms with van der Waals surface area (Å²) in [7, 11) is 1.64. The molecule has 1 saturated heterocycles. The van der Waals surface area contributed by atoms with Gasteiger partial charge in [0, 0.05) is 48.9 Å². The van der Waals surface area contributed by atoms with E-state index < -0.39 is 0 Å². The summed E-state index contributed by atoms with van der Waals surface area (Å²) in [6, 6.07) is 14.7. The fourth-order valence-corrected chi connectivity index (χ4v) is 3.65. The van der Waals surface area contributed by atoms with Gasteiger partial charge in [0.25, 0.3) is 5.91 Å². The highest BCUT2D eigenvalue weighted by Gasteiger charge is 2.23. The Morgan fingerprint density at radius 3 is 2.37 bits per heavy atom. The average molecular weight is 426 g/mol. The largest absolute Gasteiger partial charge is 0.497 e. The second-order valence-corrected chi connectivity index (χ2v) is 7.76. The molecule has 0 bridgehead atoms. The molecule has 1 amide bonds. The Balaban J connectivity index is 1.36. The number of rotatable bonds is 5. The number of nitrogens with zero attached hydrogens (tertiary/aromatic N) is 3. The minimum absolute atomic E-state index is 0.0470. The fraction of sp³-hybridized carbons (Fsp3) is 0.304. The van der Waals surface area contributed by atoms with E-state index in [1.165, 1.54) is 0 Å². The third-order valence-electron chi connectivity index (χ3n) is 5.35. The maximum atomic E-state index is 12.7. The lowest BCUT2D eigenvalue weighted by atomic mass is 10.2. The van der Waals surface area contributed by atoms with Gasteiger partial charge in [-0.25, -0.2) is 4.98 Å². The molecule has 1 fully saturated rings. The van der Waals surface area contributed by atoms with Crippen molar-refractivity contribution in [3.8, 4) is 17.2 Å². The molecule has 2 aromatic carbocycles. The first-order valence-electron chi connectivity index (χ1n) is 9.91. The molecule has 0 aliphatic carbocycles. The third-order valence-corrected chi connectivity index (χ3v) is 5.61. The number of ether oxygens (including phenoxy) is 1. The Labute approximate surface area is 181 Å². The second-order valence-electron chi connectivity index (χ2n) is 7.33. The standard InChI is InChI=1S/C23H24ClN3O3/c1-16-21(25-22(30-16)17-5-9-20(29-2)10-6-17)15-26-11-13-27(14-12-26)23(28)18-3-7-19(24)8-4-18/h3-10H,11-15H2,1-2H3. The predicted molar refractivity (Wildman–Crippen MR) is 116 cm³/mol. The molecular weight excluding hydrogens is 402 g/mol. The monoisotopic (exact) mass is 425 g/mol. The summed E-state index contributed by atoms with van der Waals surface area (Å²) in [6.07, 6.45) is 0. The number of amides is 1. The van der Waals surface area contributed by atoms with Gasteiger partial charge < -0.3 is 14.1 Å². The van der Waals surface area contributed by atoms with E-state index in [1.54, 1.807) is 31.4 Å². The van der Waals surface area contributed by atoms with E-state index in [4.69, 9.17) is 25.7 Å². The number of hydrogen-bond donors (Lipinski definition) is 0. The Kier molecular flexibility index (Phi) is 6.06. The molecule has 1 aliphatic rings. The van der Waals surface area contributed by atoms with Crippen molar-refractivity contribution in [2.75, 3.05) is 33.3 Å². The molecule has 30 heavy (non-hydrogen) atoms. The number of carbonyl (C=O) groups is 1. The van der Waals surface area contributed by atoms with E-state index in [9.17, 15) is 4.79 Å². The number of aryl methyl sites for hydroxylation is 1. The Bertz CT molecular complexity index is 1010. The smallest absolute Gasteiger partial charge is 0.253 e. The first kappa shape index (κ1) is 20.4. The number of carbonyl (C=O) groups excluding carboxylic acids is 1. The minimum atomic E-state index is 0.0470. The van der Waals surface area contributed by atoms with Crippen LogP contribution in [-0.4, -0.2) is 54.0 Å². The average Bonchev–Trinajstić information content (AvgIpc) is 3.14. The summed E-state index contributed by atoms with van der Waals surface area (Å²) in [4.78, 5) is 21.5. The minimum Gasteiger partial charge on any atom is -0.497 e. The van der Waals surface area contributed by atoms with E-state index in [0.29, 0.717) is 36.1 Å². The lowest BCUT2D eigenvalue weighted by Crippen LogP contribution is -2.48. The Morgan fingerprint density at radius 1 is 1.07 bits per heavy atom. The molecule has 1 aliphatic heterocycles. The molecule has 3 aromatic rings. The molecule has 7 heteroatoms. The molecular formula is C23H24ClN3O3. The van der Waals surface area contributed by atoms with Gasteiger partial charge in [0.15, 0.2) is 0 Å². The highest BCUT2D eigenvalue weighted by molar-refractivity contribution is 6.30. The number of piperazine rings is 1. The van der Waals surface area contributed by atoms with E-state index >= 15 is 0 Å². The van der Waals surface area contributed by atoms with E-state index in [2.05, 4.69) is 4.90 Å². The van der Waals surface area contributed by atoms with Crippen LogP contribution in [0.3, 0.4) is 0 Å². The highest BCUT2D eigenvalue weighted by Crippen LogP contribution is 2.25. The molecule has 4 rings (SSSR count). The van der Waals surface area contributed by atoms with Crippen molar-refractivity contribution in [2.45, 2.75) is 13.5 Å². The van der Waals surface area contributed by atoms with Gasteiger partial charge in [-0.15, -0.1) is 0 Å². The summed E-state index contributed by atoms with van der Waals surface area (Å²) in [5, 5.41) is 0.633. The Morgan fingerprint density at radius 2 is 1.73 bits per heavy atom. The maximum absolute atomic E-state index is 12.7. The van der Waals surface area contributed by atoms with Gasteiger partial charge in [0.2, 0.25) is 5.89 Å². The van der Waals surface area contributed by atoms with E-state index in [-0.39, 0.29) is 5.91 Å². The van der Waals surface area contributed by atoms with Gasteiger partial charge in [-0.05, 0) is 55.5 Å². The molecule has 0 N–H and O–H groups in total. The van der Waals surface area contributed by atoms with Crippen LogP contribution in [0.5, 0.6) is 5.75 Å². The van der Waals surface area contributed by atoms with Crippen LogP contribution in [-0.2, 0) is 6.54 Å². The number of benzene rings is 2. The van der Waals surface area contributed by atoms with Crippen molar-refractivity contribution in [1.82, 2.24) is 14.8 Å². The van der Waals surface area contributed by atoms with Gasteiger partial charge in [-0.3, -0.25) is 9.69 Å². The number of hydrogen-bond acceptors (Lipinski definition) is 5. The zero-order chi connectivity index (χ0) is 21.1. The number of oxazole rings is 1. The summed E-state index contributed by atoms with van der Waals surface area (Å²) in [5.41, 5.74) is 2.52. The van der Waals surface area contributed by atoms with Crippen molar-refractivity contribution in [3.63, 3.8) is 0 Å². The van der Waals surface area contributed by atoms with Gasteiger partial charge >= 0.3 is 0 Å². The molecule has 6 nitrogen and oxygen atoms in total. The molecule has 0 spiro atoms. The molecule has 0 radical (unpaired) electrons. The van der Waals surface area contributed by atoms with Crippen LogP contribution in [0.4, 0.5) is 0 Å². The number of halogens is 1. The number of methoxy groups -OCH3 is 1. The van der Waals surface area contributed by atoms with Crippen molar-refractivity contribution < 1.29 is 13.9 Å². The molecule has 1 aromatic heterocycles. The number of aromatic nitrogens is 1. The molecule has 2 heterocycles. The quantitative estimate of drug-likeness (QED) is 0.611. The van der Waals surface area contributed by atoms with E-state index in [0.717, 1.165) is 35.9 Å². The van der Waals surface area contributed by atoms with Crippen LogP contribution in [0.1, 0.15) is 21.8 Å². The van der Waals surface area contributed by atoms with Gasteiger partial charge in [-0.2, -0.15) is 0 Å². The van der Waals surface area contributed by atoms with Crippen molar-refractivity contribution in [2.24, 2.45) is 0 Å². The second kappa shape index (κ2) is 8.90. The lowest BCUT2D eigenvalue weighted by Gasteiger charge is -2.34. The molecule has 156 valence electrons. The SMILES string of the molecule is COc1ccc(-c2nc(CN3CCN(C(=O)c4ccc(Cl)cc4)CC3)c(C)o2)cc1. The van der Waals surface area contributed by atoms with Crippen LogP contribution in [0.2, 0.25) is 5.02 Å². The predicted octanol–water partition coefficient (Wildman–Crippen LogP) is 4.27. The van der Waals surface area contributed by atoms with Gasteiger partial charge in [0.1, 0.15) is 11.5 Å². The highest BCUT2D eigenvalue weighted by atomic mass is 35.5. The van der Waals surface area contributed by atoms with E-state index in [1.807, 2.05) is 36.1 Å². The van der Waals surface area contributed by atoms with Crippen molar-refractivity contribution in [3.05, 3.63) is 70.6 Å². The molecule has 0 atom stereocenters. The normalized spacial score (nSPS) is 14.7. The van der Waals surface area contributed by atoms with Crippen LogP contribution < -0.4 is 4.74 Å². The van der Waals surface area contributed by atoms with Crippen LogP contribution in [0.25, 0.3) is 11.5 Å². The first-order valence-corrected chi connectivity index (χ1v) is 10.3. The van der Waals surface area contributed by atoms with Crippen LogP contribution in [0.15, 0.2) is 52.9 Å². The lowest BCUT2D eigenvalue weighted by molar-refractivity contribution is 0.0626. The van der Waals surface area contributed by atoms with Crippen LogP contribution >= 0.6 is 11.6 Å².